The van der Waals surface area contributed by atoms with E-state index in [4.69, 9.17) is 4.74 Å². The lowest BCUT2D eigenvalue weighted by Crippen LogP contribution is -2.48. The molecule has 0 bridgehead atoms. The minimum absolute atomic E-state index is 0.0414. The van der Waals surface area contributed by atoms with Gasteiger partial charge in [-0.1, -0.05) is 30.3 Å². The molecule has 6 heteroatoms. The van der Waals surface area contributed by atoms with Gasteiger partial charge in [-0.05, 0) is 62.1 Å². The fourth-order valence-electron chi connectivity index (χ4n) is 4.48. The van der Waals surface area contributed by atoms with Crippen LogP contribution in [0.5, 0.6) is 0 Å². The maximum absolute atomic E-state index is 13.2. The van der Waals surface area contributed by atoms with Gasteiger partial charge in [0.2, 0.25) is 5.91 Å². The second-order valence-corrected chi connectivity index (χ2v) is 9.72. The van der Waals surface area contributed by atoms with Crippen molar-refractivity contribution in [3.8, 4) is 10.4 Å². The molecule has 1 aromatic carbocycles. The molecule has 2 atom stereocenters. The lowest BCUT2D eigenvalue weighted by molar-refractivity contribution is -0.141. The summed E-state index contributed by atoms with van der Waals surface area (Å²) < 4.78 is 5.60. The number of hydrogen-bond donors (Lipinski definition) is 1. The van der Waals surface area contributed by atoms with Crippen molar-refractivity contribution >= 4 is 23.2 Å². The third-order valence-electron chi connectivity index (χ3n) is 6.07. The normalized spacial score (nSPS) is 23.8. The summed E-state index contributed by atoms with van der Waals surface area (Å²) in [6.45, 7) is 5.67. The van der Waals surface area contributed by atoms with Crippen molar-refractivity contribution in [1.82, 2.24) is 10.2 Å². The van der Waals surface area contributed by atoms with Crippen LogP contribution in [0.15, 0.2) is 41.8 Å². The molecule has 0 saturated carbocycles. The standard InChI is InChI=1S/C24H30N2O3S/c1-17(2)25-23(28)24(11-12-26(16-24)22(27)20-5-3-13-29-20)15-18-7-9-19(10-8-18)21-6-4-14-30-21/h4,6-10,14,17,20H,3,5,11-13,15-16H2,1-2H3,(H,25,28)/t20-,24-/m1/s1. The predicted molar refractivity (Wildman–Crippen MR) is 119 cm³/mol. The molecule has 4 rings (SSSR count). The monoisotopic (exact) mass is 426 g/mol. The Morgan fingerprint density at radius 2 is 2.07 bits per heavy atom. The van der Waals surface area contributed by atoms with Crippen LogP contribution < -0.4 is 5.32 Å². The Hall–Kier alpha value is -2.18. The van der Waals surface area contributed by atoms with E-state index >= 15 is 0 Å². The van der Waals surface area contributed by atoms with E-state index in [9.17, 15) is 9.59 Å². The molecule has 2 saturated heterocycles. The molecule has 160 valence electrons. The van der Waals surface area contributed by atoms with Crippen LogP contribution in [0.4, 0.5) is 0 Å². The number of nitrogens with zero attached hydrogens (tertiary/aromatic N) is 1. The van der Waals surface area contributed by atoms with E-state index < -0.39 is 5.41 Å². The van der Waals surface area contributed by atoms with Gasteiger partial charge in [0, 0.05) is 30.6 Å². The van der Waals surface area contributed by atoms with Crippen molar-refractivity contribution in [3.05, 3.63) is 47.3 Å². The smallest absolute Gasteiger partial charge is 0.251 e. The lowest BCUT2D eigenvalue weighted by atomic mass is 9.79. The number of nitrogens with one attached hydrogen (secondary N) is 1. The third-order valence-corrected chi connectivity index (χ3v) is 6.99. The highest BCUT2D eigenvalue weighted by Gasteiger charge is 2.47. The molecular weight excluding hydrogens is 396 g/mol. The van der Waals surface area contributed by atoms with Crippen LogP contribution in [0.2, 0.25) is 0 Å². The Kier molecular flexibility index (Phi) is 6.25. The molecule has 2 fully saturated rings. The molecule has 1 N–H and O–H groups in total. The molecule has 2 amide bonds. The molecule has 0 radical (unpaired) electrons. The first kappa shape index (κ1) is 21.1. The molecule has 0 unspecified atom stereocenters. The average Bonchev–Trinajstić information content (AvgIpc) is 3.49. The highest BCUT2D eigenvalue weighted by atomic mass is 32.1. The topological polar surface area (TPSA) is 58.6 Å². The second kappa shape index (κ2) is 8.90. The molecular formula is C24H30N2O3S. The van der Waals surface area contributed by atoms with Crippen LogP contribution in [-0.2, 0) is 20.7 Å². The predicted octanol–water partition coefficient (Wildman–Crippen LogP) is 3.88. The first-order valence-electron chi connectivity index (χ1n) is 10.8. The van der Waals surface area contributed by atoms with Crippen molar-refractivity contribution in [2.24, 2.45) is 5.41 Å². The van der Waals surface area contributed by atoms with Gasteiger partial charge in [-0.25, -0.2) is 0 Å². The molecule has 1 aromatic heterocycles. The highest BCUT2D eigenvalue weighted by Crippen LogP contribution is 2.36. The Balaban J connectivity index is 1.53. The Bertz CT molecular complexity index is 872. The van der Waals surface area contributed by atoms with E-state index in [1.165, 1.54) is 10.4 Å². The van der Waals surface area contributed by atoms with Gasteiger partial charge in [0.25, 0.3) is 5.91 Å². The van der Waals surface area contributed by atoms with Gasteiger partial charge in [0.1, 0.15) is 6.10 Å². The van der Waals surface area contributed by atoms with E-state index in [2.05, 4.69) is 47.1 Å². The summed E-state index contributed by atoms with van der Waals surface area (Å²) in [5.74, 6) is 0.0854. The van der Waals surface area contributed by atoms with Crippen molar-refractivity contribution < 1.29 is 14.3 Å². The van der Waals surface area contributed by atoms with E-state index in [1.807, 2.05) is 18.7 Å². The van der Waals surface area contributed by atoms with E-state index in [-0.39, 0.29) is 24.0 Å². The second-order valence-electron chi connectivity index (χ2n) is 8.77. The van der Waals surface area contributed by atoms with Crippen LogP contribution in [-0.4, -0.2) is 48.6 Å². The summed E-state index contributed by atoms with van der Waals surface area (Å²) in [6.07, 6.45) is 2.69. The van der Waals surface area contributed by atoms with Crippen LogP contribution in [0.1, 0.15) is 38.7 Å². The molecule has 0 spiro atoms. The Morgan fingerprint density at radius 3 is 2.70 bits per heavy atom. The van der Waals surface area contributed by atoms with Crippen molar-refractivity contribution in [1.29, 1.82) is 0 Å². The maximum Gasteiger partial charge on any atom is 0.251 e. The van der Waals surface area contributed by atoms with E-state index in [1.54, 1.807) is 11.3 Å². The van der Waals surface area contributed by atoms with Gasteiger partial charge in [-0.3, -0.25) is 9.59 Å². The van der Waals surface area contributed by atoms with Gasteiger partial charge < -0.3 is 15.0 Å². The number of hydrogen-bond acceptors (Lipinski definition) is 4. The average molecular weight is 427 g/mol. The Labute approximate surface area is 182 Å². The van der Waals surface area contributed by atoms with Crippen LogP contribution in [0.3, 0.4) is 0 Å². The number of carbonyl (C=O) groups excluding carboxylic acids is 2. The summed E-state index contributed by atoms with van der Waals surface area (Å²) in [5.41, 5.74) is 1.72. The number of benzene rings is 1. The molecule has 5 nitrogen and oxygen atoms in total. The van der Waals surface area contributed by atoms with Crippen LogP contribution >= 0.6 is 11.3 Å². The molecule has 2 aromatic rings. The molecule has 2 aliphatic rings. The van der Waals surface area contributed by atoms with Crippen molar-refractivity contribution in [3.63, 3.8) is 0 Å². The zero-order valence-corrected chi connectivity index (χ0v) is 18.5. The number of amides is 2. The number of rotatable bonds is 6. The van der Waals surface area contributed by atoms with E-state index in [0.29, 0.717) is 32.5 Å². The SMILES string of the molecule is CC(C)NC(=O)[C@@]1(Cc2ccc(-c3cccs3)cc2)CCN(C(=O)[C@H]2CCCO2)C1. The fourth-order valence-corrected chi connectivity index (χ4v) is 5.22. The summed E-state index contributed by atoms with van der Waals surface area (Å²) in [4.78, 5) is 29.2. The quantitative estimate of drug-likeness (QED) is 0.763. The van der Waals surface area contributed by atoms with Gasteiger partial charge in [-0.2, -0.15) is 0 Å². The molecule has 2 aliphatic heterocycles. The molecule has 30 heavy (non-hydrogen) atoms. The van der Waals surface area contributed by atoms with Gasteiger partial charge in [-0.15, -0.1) is 11.3 Å². The van der Waals surface area contributed by atoms with Crippen molar-refractivity contribution in [2.75, 3.05) is 19.7 Å². The molecule has 3 heterocycles. The largest absolute Gasteiger partial charge is 0.368 e. The summed E-state index contributed by atoms with van der Waals surface area (Å²) >= 11 is 1.72. The summed E-state index contributed by atoms with van der Waals surface area (Å²) in [5, 5.41) is 5.18. The number of carbonyl (C=O) groups is 2. The first-order valence-corrected chi connectivity index (χ1v) is 11.7. The van der Waals surface area contributed by atoms with Crippen molar-refractivity contribution in [2.45, 2.75) is 51.7 Å². The van der Waals surface area contributed by atoms with Gasteiger partial charge in [0.15, 0.2) is 0 Å². The van der Waals surface area contributed by atoms with Gasteiger partial charge in [0.05, 0.1) is 5.41 Å². The highest BCUT2D eigenvalue weighted by molar-refractivity contribution is 7.13. The zero-order valence-electron chi connectivity index (χ0n) is 17.7. The number of thiophene rings is 1. The summed E-state index contributed by atoms with van der Waals surface area (Å²) in [6, 6.07) is 12.7. The Morgan fingerprint density at radius 1 is 1.27 bits per heavy atom. The number of likely N-dealkylation sites (tertiary alicyclic amines) is 1. The third kappa shape index (κ3) is 4.44. The fraction of sp³-hybridized carbons (Fsp3) is 0.500. The zero-order chi connectivity index (χ0) is 21.1. The van der Waals surface area contributed by atoms with Crippen LogP contribution in [0, 0.1) is 5.41 Å². The van der Waals surface area contributed by atoms with Crippen LogP contribution in [0.25, 0.3) is 10.4 Å². The van der Waals surface area contributed by atoms with Gasteiger partial charge >= 0.3 is 0 Å². The minimum atomic E-state index is -0.594. The van der Waals surface area contributed by atoms with E-state index in [0.717, 1.165) is 18.4 Å². The number of ether oxygens (including phenoxy) is 1. The first-order chi connectivity index (χ1) is 14.5. The molecule has 0 aliphatic carbocycles. The summed E-state index contributed by atoms with van der Waals surface area (Å²) in [7, 11) is 0. The lowest BCUT2D eigenvalue weighted by Gasteiger charge is -2.30. The minimum Gasteiger partial charge on any atom is -0.368 e. The maximum atomic E-state index is 13.2.